The predicted molar refractivity (Wildman–Crippen MR) is 79.3 cm³/mol. The first kappa shape index (κ1) is 14.8. The molecule has 1 aromatic heterocycles. The SMILES string of the molecule is COCCNCc1ccc(Oc2ccc(Cl)cc2)nc1. The third-order valence-corrected chi connectivity index (χ3v) is 2.90. The van der Waals surface area contributed by atoms with E-state index in [0.29, 0.717) is 23.3 Å². The molecule has 0 spiro atoms. The Labute approximate surface area is 123 Å². The molecule has 0 bridgehead atoms. The van der Waals surface area contributed by atoms with Crippen LogP contribution in [-0.2, 0) is 11.3 Å². The van der Waals surface area contributed by atoms with Crippen molar-refractivity contribution in [1.29, 1.82) is 0 Å². The summed E-state index contributed by atoms with van der Waals surface area (Å²) in [6.07, 6.45) is 1.80. The van der Waals surface area contributed by atoms with Crippen molar-refractivity contribution in [2.75, 3.05) is 20.3 Å². The van der Waals surface area contributed by atoms with E-state index in [1.807, 2.05) is 24.3 Å². The van der Waals surface area contributed by atoms with Crippen LogP contribution in [0.2, 0.25) is 5.02 Å². The molecule has 2 rings (SSSR count). The van der Waals surface area contributed by atoms with Gasteiger partial charge in [0.2, 0.25) is 5.88 Å². The van der Waals surface area contributed by atoms with Gasteiger partial charge in [-0.2, -0.15) is 0 Å². The predicted octanol–water partition coefficient (Wildman–Crippen LogP) is 3.26. The van der Waals surface area contributed by atoms with Crippen LogP contribution in [0.15, 0.2) is 42.6 Å². The van der Waals surface area contributed by atoms with Crippen molar-refractivity contribution >= 4 is 11.6 Å². The maximum Gasteiger partial charge on any atom is 0.219 e. The van der Waals surface area contributed by atoms with E-state index in [1.165, 1.54) is 0 Å². The van der Waals surface area contributed by atoms with Crippen LogP contribution < -0.4 is 10.1 Å². The van der Waals surface area contributed by atoms with E-state index >= 15 is 0 Å². The first-order valence-electron chi connectivity index (χ1n) is 6.36. The number of pyridine rings is 1. The quantitative estimate of drug-likeness (QED) is 0.796. The van der Waals surface area contributed by atoms with E-state index in [1.54, 1.807) is 25.4 Å². The van der Waals surface area contributed by atoms with Gasteiger partial charge in [-0.15, -0.1) is 0 Å². The number of nitrogens with one attached hydrogen (secondary N) is 1. The fourth-order valence-corrected chi connectivity index (χ4v) is 1.73. The normalized spacial score (nSPS) is 10.5. The van der Waals surface area contributed by atoms with Gasteiger partial charge < -0.3 is 14.8 Å². The first-order valence-corrected chi connectivity index (χ1v) is 6.74. The molecule has 0 fully saturated rings. The van der Waals surface area contributed by atoms with Gasteiger partial charge in [0.1, 0.15) is 5.75 Å². The van der Waals surface area contributed by atoms with Crippen molar-refractivity contribution < 1.29 is 9.47 Å². The molecule has 0 aliphatic carbocycles. The van der Waals surface area contributed by atoms with Crippen LogP contribution in [0.3, 0.4) is 0 Å². The Morgan fingerprint density at radius 1 is 1.15 bits per heavy atom. The zero-order valence-corrected chi connectivity index (χ0v) is 12.1. The summed E-state index contributed by atoms with van der Waals surface area (Å²) in [4.78, 5) is 4.27. The molecule has 0 aliphatic heterocycles. The Balaban J connectivity index is 1.86. The summed E-state index contributed by atoms with van der Waals surface area (Å²) in [5.41, 5.74) is 1.10. The molecular formula is C15H17ClN2O2. The summed E-state index contributed by atoms with van der Waals surface area (Å²) in [5.74, 6) is 1.28. The standard InChI is InChI=1S/C15H17ClN2O2/c1-19-9-8-17-10-12-2-7-15(18-11-12)20-14-5-3-13(16)4-6-14/h2-7,11,17H,8-10H2,1H3. The highest BCUT2D eigenvalue weighted by molar-refractivity contribution is 6.30. The molecule has 1 N–H and O–H groups in total. The van der Waals surface area contributed by atoms with Crippen LogP contribution in [0.5, 0.6) is 11.6 Å². The lowest BCUT2D eigenvalue weighted by Crippen LogP contribution is -2.18. The molecule has 5 heteroatoms. The van der Waals surface area contributed by atoms with Crippen LogP contribution in [0, 0.1) is 0 Å². The molecular weight excluding hydrogens is 276 g/mol. The van der Waals surface area contributed by atoms with Gasteiger partial charge in [-0.3, -0.25) is 0 Å². The topological polar surface area (TPSA) is 43.4 Å². The second-order valence-corrected chi connectivity index (χ2v) is 4.67. The number of aromatic nitrogens is 1. The average Bonchev–Trinajstić information content (AvgIpc) is 2.48. The fourth-order valence-electron chi connectivity index (χ4n) is 1.61. The number of benzene rings is 1. The lowest BCUT2D eigenvalue weighted by molar-refractivity contribution is 0.199. The van der Waals surface area contributed by atoms with Gasteiger partial charge in [0.05, 0.1) is 6.61 Å². The number of ether oxygens (including phenoxy) is 2. The molecule has 106 valence electrons. The Bertz CT molecular complexity index is 514. The minimum absolute atomic E-state index is 0.563. The molecule has 0 unspecified atom stereocenters. The zero-order valence-electron chi connectivity index (χ0n) is 11.3. The number of methoxy groups -OCH3 is 1. The Kier molecular flexibility index (Phi) is 5.80. The van der Waals surface area contributed by atoms with E-state index in [-0.39, 0.29) is 0 Å². The van der Waals surface area contributed by atoms with E-state index in [2.05, 4.69) is 10.3 Å². The maximum absolute atomic E-state index is 5.82. The molecule has 0 atom stereocenters. The molecule has 0 amide bonds. The summed E-state index contributed by atoms with van der Waals surface area (Å²) < 4.78 is 10.6. The van der Waals surface area contributed by atoms with Gasteiger partial charge in [-0.25, -0.2) is 4.98 Å². The van der Waals surface area contributed by atoms with Gasteiger partial charge >= 0.3 is 0 Å². The molecule has 0 radical (unpaired) electrons. The molecule has 20 heavy (non-hydrogen) atoms. The molecule has 1 heterocycles. The summed E-state index contributed by atoms with van der Waals surface area (Å²) in [6, 6.07) is 11.0. The number of halogens is 1. The molecule has 0 saturated heterocycles. The Hall–Kier alpha value is -1.62. The number of hydrogen-bond donors (Lipinski definition) is 1. The average molecular weight is 293 g/mol. The third kappa shape index (κ3) is 4.81. The van der Waals surface area contributed by atoms with Crippen LogP contribution in [0.25, 0.3) is 0 Å². The molecule has 0 saturated carbocycles. The highest BCUT2D eigenvalue weighted by atomic mass is 35.5. The highest BCUT2D eigenvalue weighted by Gasteiger charge is 1.99. The number of hydrogen-bond acceptors (Lipinski definition) is 4. The van der Waals surface area contributed by atoms with E-state index in [0.717, 1.165) is 18.7 Å². The first-order chi connectivity index (χ1) is 9.78. The lowest BCUT2D eigenvalue weighted by atomic mass is 10.3. The second kappa shape index (κ2) is 7.85. The van der Waals surface area contributed by atoms with Crippen LogP contribution >= 0.6 is 11.6 Å². The summed E-state index contributed by atoms with van der Waals surface area (Å²) in [6.45, 7) is 2.28. The van der Waals surface area contributed by atoms with Crippen molar-refractivity contribution in [3.63, 3.8) is 0 Å². The monoisotopic (exact) mass is 292 g/mol. The van der Waals surface area contributed by atoms with Crippen molar-refractivity contribution in [2.45, 2.75) is 6.54 Å². The summed E-state index contributed by atoms with van der Waals surface area (Å²) in [5, 5.41) is 3.94. The van der Waals surface area contributed by atoms with Crippen LogP contribution in [0.4, 0.5) is 0 Å². The molecule has 2 aromatic rings. The smallest absolute Gasteiger partial charge is 0.219 e. The second-order valence-electron chi connectivity index (χ2n) is 4.23. The zero-order chi connectivity index (χ0) is 14.2. The highest BCUT2D eigenvalue weighted by Crippen LogP contribution is 2.21. The van der Waals surface area contributed by atoms with Crippen molar-refractivity contribution in [1.82, 2.24) is 10.3 Å². The van der Waals surface area contributed by atoms with Crippen molar-refractivity contribution in [3.8, 4) is 11.6 Å². The Morgan fingerprint density at radius 2 is 1.95 bits per heavy atom. The van der Waals surface area contributed by atoms with E-state index in [4.69, 9.17) is 21.1 Å². The van der Waals surface area contributed by atoms with E-state index in [9.17, 15) is 0 Å². The van der Waals surface area contributed by atoms with Crippen LogP contribution in [0.1, 0.15) is 5.56 Å². The molecule has 0 aliphatic rings. The number of nitrogens with zero attached hydrogens (tertiary/aromatic N) is 1. The maximum atomic E-state index is 5.82. The lowest BCUT2D eigenvalue weighted by Gasteiger charge is -2.07. The van der Waals surface area contributed by atoms with Gasteiger partial charge in [0.15, 0.2) is 0 Å². The fraction of sp³-hybridized carbons (Fsp3) is 0.267. The van der Waals surface area contributed by atoms with Gasteiger partial charge in [0.25, 0.3) is 0 Å². The number of rotatable bonds is 7. The van der Waals surface area contributed by atoms with Gasteiger partial charge in [-0.05, 0) is 29.8 Å². The van der Waals surface area contributed by atoms with Crippen molar-refractivity contribution in [3.05, 3.63) is 53.2 Å². The van der Waals surface area contributed by atoms with Gasteiger partial charge in [0, 0.05) is 37.5 Å². The van der Waals surface area contributed by atoms with E-state index < -0.39 is 0 Å². The summed E-state index contributed by atoms with van der Waals surface area (Å²) >= 11 is 5.82. The minimum atomic E-state index is 0.563. The largest absolute Gasteiger partial charge is 0.439 e. The minimum Gasteiger partial charge on any atom is -0.439 e. The van der Waals surface area contributed by atoms with Crippen molar-refractivity contribution in [2.24, 2.45) is 0 Å². The molecule has 1 aromatic carbocycles. The Morgan fingerprint density at radius 3 is 2.60 bits per heavy atom. The molecule has 4 nitrogen and oxygen atoms in total. The van der Waals surface area contributed by atoms with Crippen LogP contribution in [-0.4, -0.2) is 25.2 Å². The third-order valence-electron chi connectivity index (χ3n) is 2.65. The summed E-state index contributed by atoms with van der Waals surface area (Å²) in [7, 11) is 1.69. The van der Waals surface area contributed by atoms with Gasteiger partial charge in [-0.1, -0.05) is 17.7 Å².